The highest BCUT2D eigenvalue weighted by Crippen LogP contribution is 2.20. The van der Waals surface area contributed by atoms with Crippen LogP contribution in [0.5, 0.6) is 0 Å². The molecule has 18 heavy (non-hydrogen) atoms. The first-order valence-corrected chi connectivity index (χ1v) is 6.44. The Morgan fingerprint density at radius 1 is 1.39 bits per heavy atom. The van der Waals surface area contributed by atoms with E-state index in [1.54, 1.807) is 4.90 Å². The SMILES string of the molecule is O=C(Cc1ccc(F)c(F)c1)N1CCCC1CCl. The molecule has 0 aromatic heterocycles. The molecule has 1 saturated heterocycles. The maximum Gasteiger partial charge on any atom is 0.227 e. The van der Waals surface area contributed by atoms with Crippen molar-refractivity contribution in [1.29, 1.82) is 0 Å². The maximum atomic E-state index is 13.0. The molecule has 0 aliphatic carbocycles. The second kappa shape index (κ2) is 5.65. The monoisotopic (exact) mass is 273 g/mol. The number of hydrogen-bond donors (Lipinski definition) is 0. The minimum Gasteiger partial charge on any atom is -0.338 e. The van der Waals surface area contributed by atoms with Crippen molar-refractivity contribution < 1.29 is 13.6 Å². The molecule has 0 N–H and O–H groups in total. The van der Waals surface area contributed by atoms with E-state index in [1.165, 1.54) is 6.07 Å². The normalized spacial score (nSPS) is 19.3. The van der Waals surface area contributed by atoms with E-state index in [0.29, 0.717) is 18.0 Å². The molecule has 1 aromatic rings. The fraction of sp³-hybridized carbons (Fsp3) is 0.462. The number of hydrogen-bond acceptors (Lipinski definition) is 1. The highest BCUT2D eigenvalue weighted by Gasteiger charge is 2.27. The summed E-state index contributed by atoms with van der Waals surface area (Å²) in [5, 5.41) is 0. The van der Waals surface area contributed by atoms with Crippen LogP contribution in [0.2, 0.25) is 0 Å². The van der Waals surface area contributed by atoms with E-state index >= 15 is 0 Å². The van der Waals surface area contributed by atoms with Gasteiger partial charge in [-0.25, -0.2) is 8.78 Å². The van der Waals surface area contributed by atoms with Gasteiger partial charge in [-0.05, 0) is 30.5 Å². The smallest absolute Gasteiger partial charge is 0.227 e. The Labute approximate surface area is 110 Å². The third kappa shape index (κ3) is 2.80. The lowest BCUT2D eigenvalue weighted by molar-refractivity contribution is -0.130. The molecule has 1 amide bonds. The number of carbonyl (C=O) groups excluding carboxylic acids is 1. The summed E-state index contributed by atoms with van der Waals surface area (Å²) in [6, 6.07) is 3.62. The van der Waals surface area contributed by atoms with Crippen LogP contribution in [0.4, 0.5) is 8.78 Å². The third-order valence-corrected chi connectivity index (χ3v) is 3.57. The average Bonchev–Trinajstić information content (AvgIpc) is 2.82. The molecule has 0 radical (unpaired) electrons. The van der Waals surface area contributed by atoms with E-state index in [-0.39, 0.29) is 18.4 Å². The average molecular weight is 274 g/mol. The Morgan fingerprint density at radius 2 is 2.17 bits per heavy atom. The van der Waals surface area contributed by atoms with Gasteiger partial charge in [-0.3, -0.25) is 4.79 Å². The molecule has 1 fully saturated rings. The van der Waals surface area contributed by atoms with Gasteiger partial charge >= 0.3 is 0 Å². The van der Waals surface area contributed by atoms with Crippen molar-refractivity contribution >= 4 is 17.5 Å². The van der Waals surface area contributed by atoms with E-state index in [2.05, 4.69) is 0 Å². The molecule has 98 valence electrons. The quantitative estimate of drug-likeness (QED) is 0.776. The van der Waals surface area contributed by atoms with Crippen molar-refractivity contribution in [2.75, 3.05) is 12.4 Å². The minimum absolute atomic E-state index is 0.0736. The molecule has 1 atom stereocenters. The Morgan fingerprint density at radius 3 is 2.83 bits per heavy atom. The van der Waals surface area contributed by atoms with Gasteiger partial charge in [-0.15, -0.1) is 11.6 Å². The zero-order chi connectivity index (χ0) is 13.1. The second-order valence-corrected chi connectivity index (χ2v) is 4.77. The van der Waals surface area contributed by atoms with E-state index in [4.69, 9.17) is 11.6 Å². The highest BCUT2D eigenvalue weighted by molar-refractivity contribution is 6.18. The largest absolute Gasteiger partial charge is 0.338 e. The van der Waals surface area contributed by atoms with Crippen molar-refractivity contribution in [3.63, 3.8) is 0 Å². The van der Waals surface area contributed by atoms with Crippen molar-refractivity contribution in [1.82, 2.24) is 4.90 Å². The van der Waals surface area contributed by atoms with E-state index in [0.717, 1.165) is 25.0 Å². The molecule has 1 aromatic carbocycles. The first kappa shape index (κ1) is 13.3. The number of halogens is 3. The van der Waals surface area contributed by atoms with Gasteiger partial charge in [0.05, 0.1) is 6.42 Å². The van der Waals surface area contributed by atoms with Crippen molar-refractivity contribution in [3.8, 4) is 0 Å². The summed E-state index contributed by atoms with van der Waals surface area (Å²) in [5.74, 6) is -1.48. The van der Waals surface area contributed by atoms with Crippen LogP contribution >= 0.6 is 11.6 Å². The van der Waals surface area contributed by atoms with E-state index in [1.807, 2.05) is 0 Å². The summed E-state index contributed by atoms with van der Waals surface area (Å²) in [5.41, 5.74) is 0.485. The lowest BCUT2D eigenvalue weighted by Gasteiger charge is -2.22. The number of amides is 1. The topological polar surface area (TPSA) is 20.3 Å². The van der Waals surface area contributed by atoms with Gasteiger partial charge in [-0.1, -0.05) is 6.07 Å². The number of alkyl halides is 1. The van der Waals surface area contributed by atoms with Crippen LogP contribution in [0, 0.1) is 11.6 Å². The molecule has 0 bridgehead atoms. The molecule has 1 aliphatic heterocycles. The van der Waals surface area contributed by atoms with Crippen molar-refractivity contribution in [3.05, 3.63) is 35.4 Å². The minimum atomic E-state index is -0.921. The van der Waals surface area contributed by atoms with Crippen LogP contribution in [-0.4, -0.2) is 29.3 Å². The van der Waals surface area contributed by atoms with Gasteiger partial charge in [0.25, 0.3) is 0 Å². The molecular formula is C13H14ClF2NO. The van der Waals surface area contributed by atoms with Gasteiger partial charge in [0.15, 0.2) is 11.6 Å². The number of carbonyl (C=O) groups is 1. The molecule has 1 unspecified atom stereocenters. The number of nitrogens with zero attached hydrogens (tertiary/aromatic N) is 1. The van der Waals surface area contributed by atoms with Crippen LogP contribution in [0.15, 0.2) is 18.2 Å². The molecular weight excluding hydrogens is 260 g/mol. The number of benzene rings is 1. The van der Waals surface area contributed by atoms with Crippen LogP contribution in [0.25, 0.3) is 0 Å². The Balaban J connectivity index is 2.04. The molecule has 0 saturated carbocycles. The lowest BCUT2D eigenvalue weighted by Crippen LogP contribution is -2.37. The predicted octanol–water partition coefficient (Wildman–Crippen LogP) is 2.74. The zero-order valence-electron chi connectivity index (χ0n) is 9.83. The first-order chi connectivity index (χ1) is 8.61. The summed E-state index contributed by atoms with van der Waals surface area (Å²) < 4.78 is 25.8. The highest BCUT2D eigenvalue weighted by atomic mass is 35.5. The van der Waals surface area contributed by atoms with Crippen molar-refractivity contribution in [2.45, 2.75) is 25.3 Å². The van der Waals surface area contributed by atoms with Crippen LogP contribution in [0.1, 0.15) is 18.4 Å². The summed E-state index contributed by atoms with van der Waals surface area (Å²) in [6.45, 7) is 0.694. The lowest BCUT2D eigenvalue weighted by atomic mass is 10.1. The van der Waals surface area contributed by atoms with Gasteiger partial charge in [0.2, 0.25) is 5.91 Å². The van der Waals surface area contributed by atoms with Crippen LogP contribution in [-0.2, 0) is 11.2 Å². The molecule has 1 aliphatic rings. The first-order valence-electron chi connectivity index (χ1n) is 5.91. The predicted molar refractivity (Wildman–Crippen MR) is 65.5 cm³/mol. The molecule has 2 nitrogen and oxygen atoms in total. The number of likely N-dealkylation sites (tertiary alicyclic amines) is 1. The summed E-state index contributed by atoms with van der Waals surface area (Å²) >= 11 is 5.79. The fourth-order valence-electron chi connectivity index (χ4n) is 2.25. The second-order valence-electron chi connectivity index (χ2n) is 4.46. The summed E-state index contributed by atoms with van der Waals surface area (Å²) in [4.78, 5) is 13.8. The summed E-state index contributed by atoms with van der Waals surface area (Å²) in [6.07, 6.45) is 1.94. The standard InChI is InChI=1S/C13H14ClF2NO/c14-8-10-2-1-5-17(10)13(18)7-9-3-4-11(15)12(16)6-9/h3-4,6,10H,1-2,5,7-8H2. The summed E-state index contributed by atoms with van der Waals surface area (Å²) in [7, 11) is 0. The van der Waals surface area contributed by atoms with Gasteiger partial charge in [0, 0.05) is 18.5 Å². The number of rotatable bonds is 3. The van der Waals surface area contributed by atoms with E-state index in [9.17, 15) is 13.6 Å². The van der Waals surface area contributed by atoms with Gasteiger partial charge < -0.3 is 4.90 Å². The molecule has 0 spiro atoms. The van der Waals surface area contributed by atoms with Crippen molar-refractivity contribution in [2.24, 2.45) is 0 Å². The van der Waals surface area contributed by atoms with Crippen LogP contribution < -0.4 is 0 Å². The Kier molecular flexibility index (Phi) is 4.17. The van der Waals surface area contributed by atoms with E-state index < -0.39 is 11.6 Å². The van der Waals surface area contributed by atoms with Gasteiger partial charge in [-0.2, -0.15) is 0 Å². The van der Waals surface area contributed by atoms with Crippen LogP contribution in [0.3, 0.4) is 0 Å². The zero-order valence-corrected chi connectivity index (χ0v) is 10.6. The third-order valence-electron chi connectivity index (χ3n) is 3.21. The van der Waals surface area contributed by atoms with Gasteiger partial charge in [0.1, 0.15) is 0 Å². The fourth-order valence-corrected chi connectivity index (χ4v) is 2.57. The Bertz CT molecular complexity index is 453. The molecule has 2 rings (SSSR count). The molecule has 1 heterocycles. The maximum absolute atomic E-state index is 13.0. The molecule has 5 heteroatoms. The Hall–Kier alpha value is -1.16.